The van der Waals surface area contributed by atoms with Crippen LogP contribution in [0.3, 0.4) is 0 Å². The Morgan fingerprint density at radius 3 is 1.65 bits per heavy atom. The number of hydrogen-bond acceptors (Lipinski definition) is 3. The van der Waals surface area contributed by atoms with Crippen molar-refractivity contribution in [1.82, 2.24) is 5.32 Å². The van der Waals surface area contributed by atoms with E-state index in [4.69, 9.17) is 0 Å². The van der Waals surface area contributed by atoms with E-state index in [0.29, 0.717) is 11.1 Å². The summed E-state index contributed by atoms with van der Waals surface area (Å²) in [5.74, 6) is -1.16. The molecule has 100 valence electrons. The zero-order valence-electron chi connectivity index (χ0n) is 10.6. The molecule has 0 aromatic heterocycles. The lowest BCUT2D eigenvalue weighted by Crippen LogP contribution is -2.44. The molecule has 2 aromatic carbocycles. The lowest BCUT2D eigenvalue weighted by Gasteiger charge is -2.29. The molecule has 4 nitrogen and oxygen atoms in total. The summed E-state index contributed by atoms with van der Waals surface area (Å²) < 4.78 is 0. The summed E-state index contributed by atoms with van der Waals surface area (Å²) in [4.78, 5) is 24.2. The second-order valence-electron chi connectivity index (χ2n) is 4.76. The predicted octanol–water partition coefficient (Wildman–Crippen LogP) is 0.990. The number of nitrogens with one attached hydrogen (secondary N) is 1. The Labute approximate surface area is 116 Å². The molecule has 1 fully saturated rings. The number of aliphatic hydroxyl groups is 1. The van der Waals surface area contributed by atoms with Crippen molar-refractivity contribution in [1.29, 1.82) is 0 Å². The van der Waals surface area contributed by atoms with Crippen molar-refractivity contribution in [3.05, 3.63) is 71.8 Å². The molecule has 20 heavy (non-hydrogen) atoms. The highest BCUT2D eigenvalue weighted by molar-refractivity contribution is 6.13. The lowest BCUT2D eigenvalue weighted by molar-refractivity contribution is -0.127. The van der Waals surface area contributed by atoms with Crippen molar-refractivity contribution in [2.24, 2.45) is 0 Å². The Balaban J connectivity index is 2.30. The molecule has 1 atom stereocenters. The third-order valence-corrected chi connectivity index (χ3v) is 3.71. The SMILES string of the molecule is O=C1NC(=O)C(c2ccccc2)(c2ccccc2)C1O. The quantitative estimate of drug-likeness (QED) is 0.797. The maximum absolute atomic E-state index is 12.4. The maximum Gasteiger partial charge on any atom is 0.257 e. The molecule has 1 saturated heterocycles. The molecule has 1 aliphatic heterocycles. The van der Waals surface area contributed by atoms with Gasteiger partial charge in [-0.1, -0.05) is 60.7 Å². The molecule has 0 spiro atoms. The van der Waals surface area contributed by atoms with Crippen molar-refractivity contribution in [3.63, 3.8) is 0 Å². The molecule has 2 amide bonds. The standard InChI is InChI=1S/C16H13NO3/c18-13-14(19)17-15(20)16(13,11-7-3-1-4-8-11)12-9-5-2-6-10-12/h1-10,13,18H,(H,17,19,20). The van der Waals surface area contributed by atoms with E-state index in [-0.39, 0.29) is 0 Å². The van der Waals surface area contributed by atoms with E-state index in [0.717, 1.165) is 0 Å². The largest absolute Gasteiger partial charge is 0.381 e. The molecule has 0 radical (unpaired) electrons. The number of amides is 2. The van der Waals surface area contributed by atoms with Crippen LogP contribution in [-0.4, -0.2) is 23.0 Å². The van der Waals surface area contributed by atoms with Crippen LogP contribution in [0, 0.1) is 0 Å². The highest BCUT2D eigenvalue weighted by Gasteiger charge is 2.57. The van der Waals surface area contributed by atoms with Crippen molar-refractivity contribution in [3.8, 4) is 0 Å². The van der Waals surface area contributed by atoms with Crippen molar-refractivity contribution in [2.75, 3.05) is 0 Å². The van der Waals surface area contributed by atoms with Crippen LogP contribution in [0.5, 0.6) is 0 Å². The van der Waals surface area contributed by atoms with Crippen LogP contribution in [-0.2, 0) is 15.0 Å². The number of benzene rings is 2. The molecular formula is C16H13NO3. The summed E-state index contributed by atoms with van der Waals surface area (Å²) in [7, 11) is 0. The van der Waals surface area contributed by atoms with Gasteiger partial charge in [0.15, 0.2) is 6.10 Å². The molecule has 4 heteroatoms. The van der Waals surface area contributed by atoms with E-state index in [1.54, 1.807) is 48.5 Å². The van der Waals surface area contributed by atoms with Crippen LogP contribution >= 0.6 is 0 Å². The summed E-state index contributed by atoms with van der Waals surface area (Å²) in [6, 6.07) is 17.7. The van der Waals surface area contributed by atoms with Gasteiger partial charge in [0.2, 0.25) is 5.91 Å². The molecule has 0 saturated carbocycles. The smallest absolute Gasteiger partial charge is 0.257 e. The second kappa shape index (κ2) is 4.58. The first-order chi connectivity index (χ1) is 9.67. The molecule has 2 N–H and O–H groups in total. The van der Waals surface area contributed by atoms with Gasteiger partial charge in [0.25, 0.3) is 5.91 Å². The highest BCUT2D eigenvalue weighted by atomic mass is 16.3. The normalized spacial score (nSPS) is 20.8. The first-order valence-corrected chi connectivity index (χ1v) is 6.32. The number of imide groups is 1. The lowest BCUT2D eigenvalue weighted by atomic mass is 9.71. The Hall–Kier alpha value is -2.46. The van der Waals surface area contributed by atoms with Crippen molar-refractivity contribution in [2.45, 2.75) is 11.5 Å². The van der Waals surface area contributed by atoms with Gasteiger partial charge in [-0.05, 0) is 11.1 Å². The average molecular weight is 267 g/mol. The van der Waals surface area contributed by atoms with Crippen molar-refractivity contribution < 1.29 is 14.7 Å². The summed E-state index contributed by atoms with van der Waals surface area (Å²) in [5, 5.41) is 12.6. The van der Waals surface area contributed by atoms with Crippen LogP contribution in [0.25, 0.3) is 0 Å². The molecule has 1 heterocycles. The van der Waals surface area contributed by atoms with Gasteiger partial charge in [-0.2, -0.15) is 0 Å². The fourth-order valence-corrected chi connectivity index (χ4v) is 2.75. The van der Waals surface area contributed by atoms with Gasteiger partial charge in [0.1, 0.15) is 5.41 Å². The van der Waals surface area contributed by atoms with Crippen LogP contribution in [0.4, 0.5) is 0 Å². The van der Waals surface area contributed by atoms with Gasteiger partial charge in [-0.3, -0.25) is 14.9 Å². The van der Waals surface area contributed by atoms with Gasteiger partial charge < -0.3 is 5.11 Å². The first-order valence-electron chi connectivity index (χ1n) is 6.32. The van der Waals surface area contributed by atoms with E-state index in [2.05, 4.69) is 5.32 Å². The maximum atomic E-state index is 12.4. The van der Waals surface area contributed by atoms with Gasteiger partial charge in [0.05, 0.1) is 0 Å². The van der Waals surface area contributed by atoms with Crippen LogP contribution in [0.2, 0.25) is 0 Å². The molecule has 1 aliphatic rings. The molecule has 0 bridgehead atoms. The van der Waals surface area contributed by atoms with E-state index in [1.807, 2.05) is 12.1 Å². The Morgan fingerprint density at radius 2 is 1.30 bits per heavy atom. The Morgan fingerprint density at radius 1 is 0.850 bits per heavy atom. The summed E-state index contributed by atoms with van der Waals surface area (Å²) in [5.41, 5.74) is -0.177. The molecule has 3 rings (SSSR count). The van der Waals surface area contributed by atoms with Gasteiger partial charge in [-0.15, -0.1) is 0 Å². The summed E-state index contributed by atoms with van der Waals surface area (Å²) in [6.45, 7) is 0. The van der Waals surface area contributed by atoms with Crippen LogP contribution < -0.4 is 5.32 Å². The molecule has 1 unspecified atom stereocenters. The Kier molecular flexibility index (Phi) is 2.88. The van der Waals surface area contributed by atoms with Gasteiger partial charge in [-0.25, -0.2) is 0 Å². The third-order valence-electron chi connectivity index (χ3n) is 3.71. The van der Waals surface area contributed by atoms with Crippen LogP contribution in [0.1, 0.15) is 11.1 Å². The Bertz CT molecular complexity index is 612. The summed E-state index contributed by atoms with van der Waals surface area (Å²) in [6.07, 6.45) is -1.43. The monoisotopic (exact) mass is 267 g/mol. The number of hydrogen-bond donors (Lipinski definition) is 2. The molecular weight excluding hydrogens is 254 g/mol. The van der Waals surface area contributed by atoms with E-state index in [9.17, 15) is 14.7 Å². The molecule has 2 aromatic rings. The zero-order valence-corrected chi connectivity index (χ0v) is 10.6. The van der Waals surface area contributed by atoms with E-state index in [1.165, 1.54) is 0 Å². The van der Waals surface area contributed by atoms with Crippen LogP contribution in [0.15, 0.2) is 60.7 Å². The number of aliphatic hydroxyl groups excluding tert-OH is 1. The minimum absolute atomic E-state index is 0.493. The first kappa shape index (κ1) is 12.6. The van der Waals surface area contributed by atoms with E-state index < -0.39 is 23.3 Å². The second-order valence-corrected chi connectivity index (χ2v) is 4.76. The minimum Gasteiger partial charge on any atom is -0.381 e. The fourth-order valence-electron chi connectivity index (χ4n) is 2.75. The van der Waals surface area contributed by atoms with Crippen molar-refractivity contribution >= 4 is 11.8 Å². The topological polar surface area (TPSA) is 66.4 Å². The highest BCUT2D eigenvalue weighted by Crippen LogP contribution is 2.39. The average Bonchev–Trinajstić information content (AvgIpc) is 2.72. The summed E-state index contributed by atoms with van der Waals surface area (Å²) >= 11 is 0. The van der Waals surface area contributed by atoms with Gasteiger partial charge in [0, 0.05) is 0 Å². The van der Waals surface area contributed by atoms with Gasteiger partial charge >= 0.3 is 0 Å². The molecule has 0 aliphatic carbocycles. The zero-order chi connectivity index (χ0) is 14.2. The predicted molar refractivity (Wildman–Crippen MR) is 72.8 cm³/mol. The number of carbonyl (C=O) groups excluding carboxylic acids is 2. The minimum atomic E-state index is -1.43. The fraction of sp³-hybridized carbons (Fsp3) is 0.125. The number of carbonyl (C=O) groups is 2. The third kappa shape index (κ3) is 1.58. The van der Waals surface area contributed by atoms with E-state index >= 15 is 0 Å². The number of rotatable bonds is 2.